The van der Waals surface area contributed by atoms with E-state index in [-0.39, 0.29) is 12.1 Å². The molecule has 3 rings (SSSR count). The molecule has 0 fully saturated rings. The molecule has 5 heteroatoms. The van der Waals surface area contributed by atoms with E-state index in [1.165, 1.54) is 5.56 Å². The first kappa shape index (κ1) is 20.5. The van der Waals surface area contributed by atoms with E-state index in [1.807, 2.05) is 31.2 Å². The van der Waals surface area contributed by atoms with Crippen molar-refractivity contribution in [1.82, 2.24) is 10.5 Å². The Morgan fingerprint density at radius 2 is 1.61 bits per heavy atom. The monoisotopic (exact) mass is 394 g/mol. The lowest BCUT2D eigenvalue weighted by atomic mass is 9.99. The van der Waals surface area contributed by atoms with Crippen molar-refractivity contribution in [3.63, 3.8) is 0 Å². The summed E-state index contributed by atoms with van der Waals surface area (Å²) in [5.74, 6) is 0.830. The first-order chi connectivity index (χ1) is 13.3. The molecule has 3 aromatic rings. The van der Waals surface area contributed by atoms with Gasteiger partial charge in [-0.1, -0.05) is 65.8 Å². The van der Waals surface area contributed by atoms with Gasteiger partial charge in [0.1, 0.15) is 0 Å². The minimum atomic E-state index is -1.62. The van der Waals surface area contributed by atoms with Gasteiger partial charge in [-0.25, -0.2) is 0 Å². The van der Waals surface area contributed by atoms with Crippen LogP contribution in [0.3, 0.4) is 0 Å². The molecule has 4 nitrogen and oxygen atoms in total. The molecule has 1 N–H and O–H groups in total. The number of nitrogens with one attached hydrogen (secondary N) is 1. The summed E-state index contributed by atoms with van der Waals surface area (Å²) in [4.78, 5) is 0. The fourth-order valence-corrected chi connectivity index (χ4v) is 4.00. The molecule has 0 aliphatic carbocycles. The van der Waals surface area contributed by atoms with Crippen LogP contribution in [0.15, 0.2) is 65.2 Å². The molecule has 0 saturated carbocycles. The Kier molecular flexibility index (Phi) is 6.49. The van der Waals surface area contributed by atoms with Crippen LogP contribution in [0.4, 0.5) is 0 Å². The van der Waals surface area contributed by atoms with Crippen LogP contribution in [0, 0.1) is 6.92 Å². The summed E-state index contributed by atoms with van der Waals surface area (Å²) in [5.41, 5.74) is 4.28. The average Bonchev–Trinajstić information content (AvgIpc) is 3.07. The number of hydrogen-bond donors (Lipinski definition) is 1. The van der Waals surface area contributed by atoms with Gasteiger partial charge in [0.15, 0.2) is 14.1 Å². The second-order valence-electron chi connectivity index (χ2n) is 8.15. The Morgan fingerprint density at radius 3 is 2.21 bits per heavy atom. The molecule has 0 amide bonds. The third-order valence-electron chi connectivity index (χ3n) is 4.71. The third kappa shape index (κ3) is 5.19. The van der Waals surface area contributed by atoms with Gasteiger partial charge in [-0.3, -0.25) is 0 Å². The summed E-state index contributed by atoms with van der Waals surface area (Å²) >= 11 is 0. The Labute approximate surface area is 169 Å². The highest BCUT2D eigenvalue weighted by molar-refractivity contribution is 6.69. The summed E-state index contributed by atoms with van der Waals surface area (Å²) in [6, 6.07) is 20.8. The zero-order valence-electron chi connectivity index (χ0n) is 17.4. The number of rotatable bonds is 8. The lowest BCUT2D eigenvalue weighted by molar-refractivity contribution is 0.250. The van der Waals surface area contributed by atoms with Gasteiger partial charge in [0, 0.05) is 17.2 Å². The minimum Gasteiger partial charge on any atom is -0.416 e. The molecule has 148 valence electrons. The van der Waals surface area contributed by atoms with E-state index in [1.54, 1.807) is 0 Å². The quantitative estimate of drug-likeness (QED) is 0.484. The van der Waals surface area contributed by atoms with E-state index in [0.29, 0.717) is 6.61 Å². The van der Waals surface area contributed by atoms with Crippen LogP contribution in [0.25, 0.3) is 11.3 Å². The van der Waals surface area contributed by atoms with Gasteiger partial charge in [-0.15, -0.1) is 0 Å². The number of hydrogen-bond acceptors (Lipinski definition) is 4. The predicted molar refractivity (Wildman–Crippen MR) is 117 cm³/mol. The van der Waals surface area contributed by atoms with Crippen LogP contribution < -0.4 is 5.32 Å². The van der Waals surface area contributed by atoms with Crippen LogP contribution in [-0.2, 0) is 4.43 Å². The van der Waals surface area contributed by atoms with Gasteiger partial charge in [-0.05, 0) is 39.1 Å². The van der Waals surface area contributed by atoms with Gasteiger partial charge < -0.3 is 14.3 Å². The number of aryl methyl sites for hydroxylation is 1. The molecule has 0 radical (unpaired) electrons. The van der Waals surface area contributed by atoms with Crippen LogP contribution in [0.1, 0.15) is 35.8 Å². The zero-order valence-corrected chi connectivity index (χ0v) is 18.4. The molecule has 28 heavy (non-hydrogen) atoms. The van der Waals surface area contributed by atoms with E-state index in [0.717, 1.165) is 22.6 Å². The molecular formula is C23H30N2O2Si. The lowest BCUT2D eigenvalue weighted by Gasteiger charge is -2.27. The Balaban J connectivity index is 1.86. The van der Waals surface area contributed by atoms with Crippen molar-refractivity contribution in [2.24, 2.45) is 0 Å². The Morgan fingerprint density at radius 1 is 1.00 bits per heavy atom. The van der Waals surface area contributed by atoms with E-state index < -0.39 is 8.32 Å². The van der Waals surface area contributed by atoms with Crippen LogP contribution in [0.2, 0.25) is 19.6 Å². The average molecular weight is 395 g/mol. The first-order valence-electron chi connectivity index (χ1n) is 9.81. The molecule has 1 heterocycles. The van der Waals surface area contributed by atoms with Gasteiger partial charge in [0.05, 0.1) is 18.3 Å². The van der Waals surface area contributed by atoms with E-state index in [4.69, 9.17) is 8.95 Å². The van der Waals surface area contributed by atoms with Crippen LogP contribution in [-0.4, -0.2) is 20.1 Å². The number of nitrogens with zero attached hydrogens (tertiary/aromatic N) is 1. The molecule has 0 unspecified atom stereocenters. The van der Waals surface area contributed by atoms with Crippen molar-refractivity contribution in [2.75, 3.05) is 6.61 Å². The molecule has 0 aliphatic rings. The first-order valence-corrected chi connectivity index (χ1v) is 13.2. The second-order valence-corrected chi connectivity index (χ2v) is 12.7. The summed E-state index contributed by atoms with van der Waals surface area (Å²) in [5, 5.41) is 8.00. The van der Waals surface area contributed by atoms with Crippen molar-refractivity contribution < 1.29 is 8.95 Å². The minimum absolute atomic E-state index is 0.0666. The van der Waals surface area contributed by atoms with Crippen molar-refractivity contribution in [1.29, 1.82) is 0 Å². The topological polar surface area (TPSA) is 47.3 Å². The van der Waals surface area contributed by atoms with Gasteiger partial charge >= 0.3 is 0 Å². The summed E-state index contributed by atoms with van der Waals surface area (Å²) in [6.45, 7) is 11.5. The van der Waals surface area contributed by atoms with Crippen LogP contribution >= 0.6 is 0 Å². The summed E-state index contributed by atoms with van der Waals surface area (Å²) < 4.78 is 11.9. The predicted octanol–water partition coefficient (Wildman–Crippen LogP) is 5.89. The fraction of sp³-hybridized carbons (Fsp3) is 0.348. The maximum atomic E-state index is 6.25. The smallest absolute Gasteiger partial charge is 0.183 e. The molecule has 0 saturated heterocycles. The highest BCUT2D eigenvalue weighted by atomic mass is 28.4. The Hall–Kier alpha value is -2.21. The fourth-order valence-electron chi connectivity index (χ4n) is 3.33. The lowest BCUT2D eigenvalue weighted by Crippen LogP contribution is -2.34. The van der Waals surface area contributed by atoms with Crippen LogP contribution in [0.5, 0.6) is 0 Å². The van der Waals surface area contributed by atoms with Crippen molar-refractivity contribution in [3.05, 3.63) is 77.5 Å². The van der Waals surface area contributed by atoms with Crippen molar-refractivity contribution in [3.8, 4) is 11.3 Å². The largest absolute Gasteiger partial charge is 0.416 e. The molecule has 2 aromatic carbocycles. The van der Waals surface area contributed by atoms with Gasteiger partial charge in [0.25, 0.3) is 0 Å². The third-order valence-corrected chi connectivity index (χ3v) is 5.75. The van der Waals surface area contributed by atoms with E-state index in [9.17, 15) is 0 Å². The zero-order chi connectivity index (χ0) is 20.1. The van der Waals surface area contributed by atoms with E-state index >= 15 is 0 Å². The number of aromatic nitrogens is 1. The van der Waals surface area contributed by atoms with E-state index in [2.05, 4.69) is 73.4 Å². The highest BCUT2D eigenvalue weighted by Gasteiger charge is 2.25. The summed E-state index contributed by atoms with van der Waals surface area (Å²) in [6.07, 6.45) is 0. The van der Waals surface area contributed by atoms with Gasteiger partial charge in [-0.2, -0.15) is 0 Å². The number of benzene rings is 2. The second kappa shape index (κ2) is 8.86. The van der Waals surface area contributed by atoms with Crippen molar-refractivity contribution >= 4 is 8.32 Å². The molecular weight excluding hydrogens is 364 g/mol. The SMILES string of the molecule is Cc1noc(-c2ccccc2)c1[C@H](C)N[C@H](CO[Si](C)(C)C)c1ccccc1. The maximum Gasteiger partial charge on any atom is 0.183 e. The molecule has 2 atom stereocenters. The molecule has 0 aliphatic heterocycles. The molecule has 0 spiro atoms. The Bertz CT molecular complexity index is 873. The maximum absolute atomic E-state index is 6.25. The summed E-state index contributed by atoms with van der Waals surface area (Å²) in [7, 11) is -1.62. The molecule has 0 bridgehead atoms. The highest BCUT2D eigenvalue weighted by Crippen LogP contribution is 2.32. The normalized spacial score (nSPS) is 14.0. The van der Waals surface area contributed by atoms with Gasteiger partial charge in [0.2, 0.25) is 0 Å². The molecule has 1 aromatic heterocycles. The standard InChI is InChI=1S/C23H30N2O2Si/c1-17(22-18(2)25-27-23(22)20-14-10-7-11-15-20)24-21(16-26-28(3,4)5)19-12-8-6-9-13-19/h6-15,17,21,24H,16H2,1-5H3/t17-,21+/m0/s1. The van der Waals surface area contributed by atoms with Crippen molar-refractivity contribution in [2.45, 2.75) is 45.6 Å².